The van der Waals surface area contributed by atoms with Gasteiger partial charge in [-0.15, -0.1) is 0 Å². The predicted octanol–water partition coefficient (Wildman–Crippen LogP) is 12.2. The van der Waals surface area contributed by atoms with E-state index in [1.165, 1.54) is 80.5 Å². The van der Waals surface area contributed by atoms with E-state index in [1.54, 1.807) is 0 Å². The quantitative estimate of drug-likeness (QED) is 0.203. The van der Waals surface area contributed by atoms with Crippen molar-refractivity contribution in [1.29, 1.82) is 0 Å². The second-order valence-corrected chi connectivity index (χ2v) is 15.7. The number of amidine groups is 2. The summed E-state index contributed by atoms with van der Waals surface area (Å²) in [7, 11) is 0. The first-order valence-electron chi connectivity index (χ1n) is 20.5. The summed E-state index contributed by atoms with van der Waals surface area (Å²) in [4.78, 5) is 10.7. The van der Waals surface area contributed by atoms with Gasteiger partial charge < -0.3 is 9.88 Å². The number of nitrogens with one attached hydrogen (secondary N) is 1. The largest absolute Gasteiger partial charge is 0.344 e. The smallest absolute Gasteiger partial charge is 0.159 e. The molecule has 4 heteroatoms. The van der Waals surface area contributed by atoms with Crippen molar-refractivity contribution < 1.29 is 0 Å². The molecular weight excluding hydrogens is 669 g/mol. The van der Waals surface area contributed by atoms with E-state index in [0.29, 0.717) is 5.92 Å². The van der Waals surface area contributed by atoms with E-state index in [9.17, 15) is 0 Å². The van der Waals surface area contributed by atoms with E-state index in [-0.39, 0.29) is 6.17 Å². The zero-order chi connectivity index (χ0) is 36.6. The summed E-state index contributed by atoms with van der Waals surface area (Å²) in [6, 6.07) is 28.8. The summed E-state index contributed by atoms with van der Waals surface area (Å²) >= 11 is 0. The highest BCUT2D eigenvalue weighted by Gasteiger charge is 2.32. The Balaban J connectivity index is 1.19. The van der Waals surface area contributed by atoms with E-state index >= 15 is 0 Å². The fourth-order valence-electron chi connectivity index (χ4n) is 9.41. The van der Waals surface area contributed by atoms with Crippen molar-refractivity contribution >= 4 is 45.5 Å². The molecule has 272 valence electrons. The molecule has 55 heavy (non-hydrogen) atoms. The number of aliphatic imine (C=N–C) groups is 2. The molecule has 6 aliphatic rings. The maximum Gasteiger partial charge on any atom is 0.159 e. The zero-order valence-corrected chi connectivity index (χ0v) is 31.6. The molecule has 1 aromatic heterocycles. The van der Waals surface area contributed by atoms with Crippen LogP contribution in [0.4, 0.5) is 0 Å². The lowest BCUT2D eigenvalue weighted by atomic mass is 9.83. The summed E-state index contributed by atoms with van der Waals surface area (Å²) in [6.07, 6.45) is 35.2. The molecule has 10 rings (SSSR count). The molecule has 2 heterocycles. The third-order valence-corrected chi connectivity index (χ3v) is 12.3. The number of nitrogens with zero attached hydrogens (tertiary/aromatic N) is 3. The van der Waals surface area contributed by atoms with Crippen molar-refractivity contribution in [2.45, 2.75) is 76.8 Å². The van der Waals surface area contributed by atoms with Crippen LogP contribution in [0.3, 0.4) is 0 Å². The second-order valence-electron chi connectivity index (χ2n) is 15.7. The van der Waals surface area contributed by atoms with Gasteiger partial charge in [-0.25, -0.2) is 9.98 Å². The fourth-order valence-corrected chi connectivity index (χ4v) is 9.41. The monoisotopic (exact) mass is 716 g/mol. The second kappa shape index (κ2) is 14.8. The normalized spacial score (nSPS) is 22.3. The SMILES string of the molecule is C1=CCC(C2=CC(C3N=C(c4ccccc4)N=C(C4=CCCC=C4)N3)=C(n3c4c(c5cc(C6=CCCCC6)ccc53)C=C(c3ccccc3)CC4)CC2)C=C1. The molecule has 4 aromatic rings. The van der Waals surface area contributed by atoms with Gasteiger partial charge in [0.2, 0.25) is 0 Å². The maximum atomic E-state index is 5.48. The van der Waals surface area contributed by atoms with Crippen molar-refractivity contribution in [2.75, 3.05) is 0 Å². The van der Waals surface area contributed by atoms with Crippen LogP contribution in [0.1, 0.15) is 92.2 Å². The molecule has 1 aliphatic heterocycles. The van der Waals surface area contributed by atoms with E-state index in [0.717, 1.165) is 74.2 Å². The van der Waals surface area contributed by atoms with Crippen LogP contribution in [-0.4, -0.2) is 22.4 Å². The topological polar surface area (TPSA) is 41.7 Å². The minimum absolute atomic E-state index is 0.286. The van der Waals surface area contributed by atoms with Crippen LogP contribution in [0.25, 0.3) is 33.8 Å². The van der Waals surface area contributed by atoms with Gasteiger partial charge in [0.15, 0.2) is 5.84 Å². The van der Waals surface area contributed by atoms with Crippen molar-refractivity contribution in [2.24, 2.45) is 15.9 Å². The molecule has 0 fully saturated rings. The molecule has 4 nitrogen and oxygen atoms in total. The van der Waals surface area contributed by atoms with Crippen molar-refractivity contribution in [1.82, 2.24) is 9.88 Å². The van der Waals surface area contributed by atoms with E-state index in [2.05, 4.69) is 150 Å². The zero-order valence-electron chi connectivity index (χ0n) is 31.6. The van der Waals surface area contributed by atoms with E-state index in [4.69, 9.17) is 9.98 Å². The van der Waals surface area contributed by atoms with Crippen molar-refractivity contribution in [3.05, 3.63) is 178 Å². The number of benzene rings is 3. The summed E-state index contributed by atoms with van der Waals surface area (Å²) in [5.74, 6) is 2.09. The molecule has 0 bridgehead atoms. The number of hydrogen-bond acceptors (Lipinski definition) is 3. The lowest BCUT2D eigenvalue weighted by Gasteiger charge is -2.32. The van der Waals surface area contributed by atoms with Crippen LogP contribution in [-0.2, 0) is 6.42 Å². The average Bonchev–Trinajstić information content (AvgIpc) is 3.60. The minimum atomic E-state index is -0.286. The van der Waals surface area contributed by atoms with Gasteiger partial charge in [0.05, 0.1) is 5.52 Å². The Labute approximate surface area is 325 Å². The molecule has 0 saturated heterocycles. The van der Waals surface area contributed by atoms with Crippen LogP contribution in [0.2, 0.25) is 0 Å². The first kappa shape index (κ1) is 33.8. The Hall–Kier alpha value is -5.74. The predicted molar refractivity (Wildman–Crippen MR) is 232 cm³/mol. The van der Waals surface area contributed by atoms with Gasteiger partial charge in [0.1, 0.15) is 12.0 Å². The molecule has 5 aliphatic carbocycles. The van der Waals surface area contributed by atoms with Gasteiger partial charge in [-0.05, 0) is 111 Å². The molecule has 0 spiro atoms. The van der Waals surface area contributed by atoms with E-state index < -0.39 is 0 Å². The first-order valence-corrected chi connectivity index (χ1v) is 20.5. The Morgan fingerprint density at radius 3 is 2.35 bits per heavy atom. The standard InChI is InChI=1S/C51H48N4/c1-6-16-35(17-7-1)40-26-29-46-43(32-40)44-33-41(36-18-8-2-9-19-36)27-30-47(44)55(46)48-31-28-42(37-20-10-3-11-21-37)34-45(48)51-53-49(38-22-12-4-13-23-38)52-50(54-51)39-24-14-5-15-25-39/h1,3-4,6-7,10-14,16-18,20,22-25,27,30,32-34,37,51H,2,5,8-9,15,19,21,26,28-29,31H2,(H,52,53,54). The van der Waals surface area contributed by atoms with Gasteiger partial charge in [0.25, 0.3) is 0 Å². The van der Waals surface area contributed by atoms with Gasteiger partial charge in [0, 0.05) is 45.0 Å². The van der Waals surface area contributed by atoms with Gasteiger partial charge >= 0.3 is 0 Å². The Morgan fingerprint density at radius 2 is 1.56 bits per heavy atom. The number of aromatic nitrogens is 1. The number of hydrogen-bond donors (Lipinski definition) is 1. The Kier molecular flexibility index (Phi) is 9.11. The highest BCUT2D eigenvalue weighted by Crippen LogP contribution is 2.44. The van der Waals surface area contributed by atoms with E-state index in [1.807, 2.05) is 0 Å². The highest BCUT2D eigenvalue weighted by atomic mass is 15.2. The van der Waals surface area contributed by atoms with Gasteiger partial charge in [-0.1, -0.05) is 127 Å². The minimum Gasteiger partial charge on any atom is -0.344 e. The fraction of sp³-hybridized carbons (Fsp3) is 0.255. The van der Waals surface area contributed by atoms with Crippen LogP contribution in [0.15, 0.2) is 160 Å². The summed E-state index contributed by atoms with van der Waals surface area (Å²) < 4.78 is 2.66. The summed E-state index contributed by atoms with van der Waals surface area (Å²) in [6.45, 7) is 0. The molecule has 0 amide bonds. The van der Waals surface area contributed by atoms with Crippen LogP contribution in [0, 0.1) is 5.92 Å². The lowest BCUT2D eigenvalue weighted by molar-refractivity contribution is 0.671. The molecular formula is C51H48N4. The lowest BCUT2D eigenvalue weighted by Crippen LogP contribution is -2.41. The van der Waals surface area contributed by atoms with Crippen LogP contribution < -0.4 is 5.32 Å². The number of fused-ring (bicyclic) bond motifs is 3. The van der Waals surface area contributed by atoms with Gasteiger partial charge in [-0.2, -0.15) is 0 Å². The van der Waals surface area contributed by atoms with Crippen molar-refractivity contribution in [3.8, 4) is 0 Å². The average molecular weight is 717 g/mol. The highest BCUT2D eigenvalue weighted by molar-refractivity contribution is 6.14. The molecule has 2 unspecified atom stereocenters. The molecule has 2 atom stereocenters. The third-order valence-electron chi connectivity index (χ3n) is 12.3. The summed E-state index contributed by atoms with van der Waals surface area (Å²) in [5.41, 5.74) is 16.0. The third kappa shape index (κ3) is 6.58. The number of allylic oxidation sites excluding steroid dienone is 11. The van der Waals surface area contributed by atoms with Crippen LogP contribution in [0.5, 0.6) is 0 Å². The van der Waals surface area contributed by atoms with Gasteiger partial charge in [-0.3, -0.25) is 0 Å². The number of rotatable bonds is 7. The maximum absolute atomic E-state index is 5.48. The molecule has 0 radical (unpaired) electrons. The van der Waals surface area contributed by atoms with Crippen LogP contribution >= 0.6 is 0 Å². The molecule has 3 aromatic carbocycles. The summed E-state index contributed by atoms with van der Waals surface area (Å²) in [5, 5.41) is 5.25. The molecule has 0 saturated carbocycles. The van der Waals surface area contributed by atoms with Crippen molar-refractivity contribution in [3.63, 3.8) is 0 Å². The Bertz CT molecular complexity index is 2470. The Morgan fingerprint density at radius 1 is 0.691 bits per heavy atom. The first-order chi connectivity index (χ1) is 27.3. The molecule has 1 N–H and O–H groups in total.